The molecule has 0 radical (unpaired) electrons. The van der Waals surface area contributed by atoms with Crippen molar-refractivity contribution in [1.82, 2.24) is 5.32 Å². The van der Waals surface area contributed by atoms with Gasteiger partial charge < -0.3 is 11.1 Å². The van der Waals surface area contributed by atoms with Crippen LogP contribution in [0, 0.1) is 5.92 Å². The van der Waals surface area contributed by atoms with Crippen molar-refractivity contribution in [3.63, 3.8) is 0 Å². The highest BCUT2D eigenvalue weighted by molar-refractivity contribution is 5.97. The molecule has 0 saturated carbocycles. The van der Waals surface area contributed by atoms with Crippen molar-refractivity contribution in [2.45, 2.75) is 46.1 Å². The second-order valence-electron chi connectivity index (χ2n) is 8.01. The van der Waals surface area contributed by atoms with Gasteiger partial charge in [0.1, 0.15) is 0 Å². The van der Waals surface area contributed by atoms with Crippen molar-refractivity contribution in [2.24, 2.45) is 11.7 Å². The zero-order chi connectivity index (χ0) is 19.5. The van der Waals surface area contributed by atoms with Crippen LogP contribution in [0.5, 0.6) is 0 Å². The predicted molar refractivity (Wildman–Crippen MR) is 105 cm³/mol. The molecule has 138 valence electrons. The third-order valence-electron chi connectivity index (χ3n) is 4.52. The summed E-state index contributed by atoms with van der Waals surface area (Å²) >= 11 is 0. The van der Waals surface area contributed by atoms with Gasteiger partial charge in [0.15, 0.2) is 0 Å². The molecule has 26 heavy (non-hydrogen) atoms. The average Bonchev–Trinajstić information content (AvgIpc) is 2.58. The number of carbonyl (C=O) groups is 2. The van der Waals surface area contributed by atoms with Gasteiger partial charge in [0.2, 0.25) is 5.91 Å². The Morgan fingerprint density at radius 2 is 1.38 bits per heavy atom. The Bertz CT molecular complexity index is 769. The van der Waals surface area contributed by atoms with Gasteiger partial charge in [-0.1, -0.05) is 58.9 Å². The minimum absolute atomic E-state index is 0.0904. The summed E-state index contributed by atoms with van der Waals surface area (Å²) in [5.74, 6) is -0.431. The number of primary amides is 1. The highest BCUT2D eigenvalue weighted by Gasteiger charge is 2.20. The van der Waals surface area contributed by atoms with E-state index in [9.17, 15) is 9.59 Å². The second-order valence-corrected chi connectivity index (χ2v) is 8.01. The molecule has 2 rings (SSSR count). The van der Waals surface area contributed by atoms with Gasteiger partial charge in [-0.2, -0.15) is 0 Å². The molecule has 4 nitrogen and oxygen atoms in total. The maximum atomic E-state index is 12.6. The van der Waals surface area contributed by atoms with Gasteiger partial charge in [-0.3, -0.25) is 9.59 Å². The maximum absolute atomic E-state index is 12.6. The lowest BCUT2D eigenvalue weighted by Crippen LogP contribution is -2.31. The summed E-state index contributed by atoms with van der Waals surface area (Å²) in [7, 11) is 0. The zero-order valence-electron chi connectivity index (χ0n) is 16.2. The van der Waals surface area contributed by atoms with Gasteiger partial charge >= 0.3 is 0 Å². The van der Waals surface area contributed by atoms with Crippen molar-refractivity contribution in [1.29, 1.82) is 0 Å². The molecule has 1 atom stereocenters. The summed E-state index contributed by atoms with van der Waals surface area (Å²) in [5, 5.41) is 3.10. The summed E-state index contributed by atoms with van der Waals surface area (Å²) in [5.41, 5.74) is 8.57. The zero-order valence-corrected chi connectivity index (χ0v) is 16.2. The third-order valence-corrected chi connectivity index (χ3v) is 4.52. The normalized spacial score (nSPS) is 12.7. The Balaban J connectivity index is 2.19. The number of amides is 2. The van der Waals surface area contributed by atoms with E-state index < -0.39 is 5.91 Å². The largest absolute Gasteiger partial charge is 0.366 e. The van der Waals surface area contributed by atoms with Crippen LogP contribution in [-0.4, -0.2) is 11.8 Å². The minimum atomic E-state index is -0.504. The summed E-state index contributed by atoms with van der Waals surface area (Å²) < 4.78 is 0. The molecule has 4 heteroatoms. The molecule has 2 aromatic carbocycles. The fourth-order valence-electron chi connectivity index (χ4n) is 2.84. The van der Waals surface area contributed by atoms with Gasteiger partial charge in [-0.25, -0.2) is 0 Å². The molecule has 0 heterocycles. The quantitative estimate of drug-likeness (QED) is 0.846. The van der Waals surface area contributed by atoms with Crippen LogP contribution in [0.15, 0.2) is 48.5 Å². The third kappa shape index (κ3) is 4.72. The summed E-state index contributed by atoms with van der Waals surface area (Å²) in [6.07, 6.45) is 0. The number of rotatable bonds is 5. The molecule has 0 aliphatic carbocycles. The predicted octanol–water partition coefficient (Wildman–Crippen LogP) is 4.21. The van der Waals surface area contributed by atoms with Gasteiger partial charge in [0.05, 0.1) is 6.04 Å². The number of hydrogen-bond acceptors (Lipinski definition) is 2. The van der Waals surface area contributed by atoms with E-state index in [1.807, 2.05) is 0 Å². The van der Waals surface area contributed by atoms with E-state index >= 15 is 0 Å². The van der Waals surface area contributed by atoms with E-state index in [4.69, 9.17) is 5.73 Å². The molecule has 0 spiro atoms. The number of nitrogens with one attached hydrogen (secondary N) is 1. The molecule has 0 bridgehead atoms. The smallest absolute Gasteiger partial charge is 0.251 e. The van der Waals surface area contributed by atoms with Crippen LogP contribution in [0.1, 0.15) is 72.5 Å². The maximum Gasteiger partial charge on any atom is 0.251 e. The Morgan fingerprint density at radius 3 is 1.81 bits per heavy atom. The van der Waals surface area contributed by atoms with E-state index in [-0.39, 0.29) is 23.3 Å². The molecular formula is C22H28N2O2. The number of hydrogen-bond donors (Lipinski definition) is 2. The molecule has 0 aliphatic heterocycles. The van der Waals surface area contributed by atoms with Gasteiger partial charge in [-0.15, -0.1) is 0 Å². The lowest BCUT2D eigenvalue weighted by molar-refractivity contribution is 0.0923. The molecule has 2 aromatic rings. The number of benzene rings is 2. The fourth-order valence-corrected chi connectivity index (χ4v) is 2.84. The molecule has 3 N–H and O–H groups in total. The first-order valence-electron chi connectivity index (χ1n) is 8.91. The Hall–Kier alpha value is -2.62. The molecule has 1 unspecified atom stereocenters. The van der Waals surface area contributed by atoms with E-state index in [1.165, 1.54) is 5.56 Å². The monoisotopic (exact) mass is 352 g/mol. The minimum Gasteiger partial charge on any atom is -0.366 e. The molecule has 0 aromatic heterocycles. The molecule has 2 amide bonds. The second kappa shape index (κ2) is 7.73. The van der Waals surface area contributed by atoms with E-state index in [1.54, 1.807) is 24.3 Å². The van der Waals surface area contributed by atoms with Crippen molar-refractivity contribution in [2.75, 3.05) is 0 Å². The first-order chi connectivity index (χ1) is 12.1. The molecule has 0 aliphatic rings. The fraction of sp³-hybridized carbons (Fsp3) is 0.364. The highest BCUT2D eigenvalue weighted by atomic mass is 16.2. The number of carbonyl (C=O) groups excluding carboxylic acids is 2. The van der Waals surface area contributed by atoms with Crippen LogP contribution in [0.4, 0.5) is 0 Å². The molecular weight excluding hydrogens is 324 g/mol. The first kappa shape index (κ1) is 19.7. The Kier molecular flexibility index (Phi) is 5.86. The first-order valence-corrected chi connectivity index (χ1v) is 8.91. The van der Waals surface area contributed by atoms with Gasteiger partial charge in [-0.05, 0) is 46.7 Å². The van der Waals surface area contributed by atoms with E-state index in [0.29, 0.717) is 11.1 Å². The topological polar surface area (TPSA) is 72.2 Å². The van der Waals surface area contributed by atoms with Crippen LogP contribution in [0.3, 0.4) is 0 Å². The Morgan fingerprint density at radius 1 is 0.885 bits per heavy atom. The molecule has 0 fully saturated rings. The van der Waals surface area contributed by atoms with E-state index in [2.05, 4.69) is 64.2 Å². The summed E-state index contributed by atoms with van der Waals surface area (Å²) in [6, 6.07) is 14.7. The van der Waals surface area contributed by atoms with Crippen LogP contribution in [0.2, 0.25) is 0 Å². The van der Waals surface area contributed by atoms with Crippen LogP contribution in [-0.2, 0) is 5.41 Å². The SMILES string of the molecule is CC(C)C(NC(=O)c1ccc(C(N)=O)cc1)c1ccc(C(C)(C)C)cc1. The van der Waals surface area contributed by atoms with Gasteiger partial charge in [0.25, 0.3) is 5.91 Å². The van der Waals surface area contributed by atoms with Crippen molar-refractivity contribution < 1.29 is 9.59 Å². The summed E-state index contributed by atoms with van der Waals surface area (Å²) in [6.45, 7) is 10.7. The standard InChI is InChI=1S/C22H28N2O2/c1-14(2)19(15-10-12-18(13-11-15)22(3,4)5)24-21(26)17-8-6-16(7-9-17)20(23)25/h6-14,19H,1-5H3,(H2,23,25)(H,24,26). The van der Waals surface area contributed by atoms with Crippen LogP contribution in [0.25, 0.3) is 0 Å². The highest BCUT2D eigenvalue weighted by Crippen LogP contribution is 2.27. The van der Waals surface area contributed by atoms with E-state index in [0.717, 1.165) is 5.56 Å². The lowest BCUT2D eigenvalue weighted by Gasteiger charge is -2.25. The lowest BCUT2D eigenvalue weighted by atomic mass is 9.85. The van der Waals surface area contributed by atoms with Crippen molar-refractivity contribution in [3.8, 4) is 0 Å². The summed E-state index contributed by atoms with van der Waals surface area (Å²) in [4.78, 5) is 23.8. The molecule has 0 saturated heterocycles. The van der Waals surface area contributed by atoms with Crippen LogP contribution >= 0.6 is 0 Å². The Labute approximate surface area is 155 Å². The van der Waals surface area contributed by atoms with Gasteiger partial charge in [0, 0.05) is 11.1 Å². The van der Waals surface area contributed by atoms with Crippen molar-refractivity contribution >= 4 is 11.8 Å². The van der Waals surface area contributed by atoms with Crippen LogP contribution < -0.4 is 11.1 Å². The average molecular weight is 352 g/mol. The number of nitrogens with two attached hydrogens (primary N) is 1. The van der Waals surface area contributed by atoms with Crippen molar-refractivity contribution in [3.05, 3.63) is 70.8 Å².